The first-order chi connectivity index (χ1) is 14.4. The molecule has 4 aromatic rings. The lowest BCUT2D eigenvalue weighted by atomic mass is 10.1. The summed E-state index contributed by atoms with van der Waals surface area (Å²) in [6.45, 7) is 7.79. The number of fused-ring (bicyclic) bond motifs is 1. The van der Waals surface area contributed by atoms with Crippen LogP contribution >= 0.6 is 0 Å². The van der Waals surface area contributed by atoms with Crippen molar-refractivity contribution in [2.45, 2.75) is 27.3 Å². The summed E-state index contributed by atoms with van der Waals surface area (Å²) in [5, 5.41) is 5.18. The van der Waals surface area contributed by atoms with Crippen molar-refractivity contribution in [2.75, 3.05) is 27.7 Å². The van der Waals surface area contributed by atoms with E-state index in [-0.39, 0.29) is 0 Å². The fourth-order valence-electron chi connectivity index (χ4n) is 3.72. The van der Waals surface area contributed by atoms with Crippen LogP contribution in [0.25, 0.3) is 33.4 Å². The summed E-state index contributed by atoms with van der Waals surface area (Å²) in [4.78, 5) is 15.7. The first kappa shape index (κ1) is 20.0. The Kier molecular flexibility index (Phi) is 5.26. The number of likely N-dealkylation sites (N-methyl/N-ethyl adjacent to an activating group) is 1. The lowest BCUT2D eigenvalue weighted by Gasteiger charge is -2.14. The number of aryl methyl sites for hydroxylation is 3. The average Bonchev–Trinajstić information content (AvgIpc) is 3.23. The molecule has 4 rings (SSSR count). The van der Waals surface area contributed by atoms with Crippen LogP contribution in [0, 0.1) is 20.8 Å². The zero-order valence-electron chi connectivity index (χ0n) is 18.2. The smallest absolute Gasteiger partial charge is 0.316 e. The monoisotopic (exact) mass is 406 g/mol. The summed E-state index contributed by atoms with van der Waals surface area (Å²) in [7, 11) is 5.72. The van der Waals surface area contributed by atoms with Crippen LogP contribution in [0.1, 0.15) is 17.1 Å². The van der Waals surface area contributed by atoms with Gasteiger partial charge in [0.1, 0.15) is 5.76 Å². The molecule has 0 aliphatic heterocycles. The lowest BCUT2D eigenvalue weighted by molar-refractivity contribution is 0.380. The summed E-state index contributed by atoms with van der Waals surface area (Å²) in [5.74, 6) is 0.749. The van der Waals surface area contributed by atoms with Gasteiger partial charge in [-0.3, -0.25) is 0 Å². The molecule has 30 heavy (non-hydrogen) atoms. The standard InChI is InChI=1S/C22H26N6O2/c1-13-9-17-19(28(13)8-7-27(4)5)10-18(20-14(2)26-30-15(20)3)25-21(17)16-11-23-22(29-6)24-12-16/h9-12H,7-8H2,1-6H3. The molecule has 156 valence electrons. The Balaban J connectivity index is 1.97. The molecule has 0 aliphatic carbocycles. The molecule has 0 amide bonds. The molecule has 0 radical (unpaired) electrons. The van der Waals surface area contributed by atoms with E-state index in [2.05, 4.69) is 57.7 Å². The van der Waals surface area contributed by atoms with E-state index in [0.717, 1.165) is 58.0 Å². The van der Waals surface area contributed by atoms with Gasteiger partial charge in [-0.05, 0) is 47.0 Å². The minimum absolute atomic E-state index is 0.330. The predicted octanol–water partition coefficient (Wildman–Crippen LogP) is 3.64. The minimum atomic E-state index is 0.330. The van der Waals surface area contributed by atoms with E-state index in [9.17, 15) is 0 Å². The number of hydrogen-bond donors (Lipinski definition) is 0. The maximum absolute atomic E-state index is 5.41. The quantitative estimate of drug-likeness (QED) is 0.483. The van der Waals surface area contributed by atoms with E-state index in [1.165, 1.54) is 5.69 Å². The molecule has 0 bridgehead atoms. The Morgan fingerprint density at radius 2 is 1.83 bits per heavy atom. The van der Waals surface area contributed by atoms with Crippen molar-refractivity contribution in [3.8, 4) is 28.5 Å². The SMILES string of the molecule is COc1ncc(-c2nc(-c3c(C)noc3C)cc3c2cc(C)n3CCN(C)C)cn1. The van der Waals surface area contributed by atoms with Crippen molar-refractivity contribution in [1.82, 2.24) is 29.6 Å². The zero-order valence-corrected chi connectivity index (χ0v) is 18.2. The van der Waals surface area contributed by atoms with E-state index < -0.39 is 0 Å². The fourth-order valence-corrected chi connectivity index (χ4v) is 3.72. The van der Waals surface area contributed by atoms with E-state index in [1.54, 1.807) is 19.5 Å². The molecule has 8 heteroatoms. The van der Waals surface area contributed by atoms with Crippen molar-refractivity contribution in [3.05, 3.63) is 41.7 Å². The number of hydrogen-bond acceptors (Lipinski definition) is 7. The van der Waals surface area contributed by atoms with Gasteiger partial charge >= 0.3 is 6.01 Å². The Hall–Kier alpha value is -3.26. The molecule has 0 N–H and O–H groups in total. The molecule has 8 nitrogen and oxygen atoms in total. The second-order valence-electron chi connectivity index (χ2n) is 7.69. The Labute approximate surface area is 175 Å². The highest BCUT2D eigenvalue weighted by molar-refractivity contribution is 5.96. The maximum atomic E-state index is 5.41. The summed E-state index contributed by atoms with van der Waals surface area (Å²) in [5.41, 5.74) is 6.53. The summed E-state index contributed by atoms with van der Waals surface area (Å²) >= 11 is 0. The van der Waals surface area contributed by atoms with Gasteiger partial charge in [0, 0.05) is 42.1 Å². The number of nitrogens with zero attached hydrogens (tertiary/aromatic N) is 6. The number of ether oxygens (including phenoxy) is 1. The van der Waals surface area contributed by atoms with Crippen LogP contribution in [0.4, 0.5) is 0 Å². The van der Waals surface area contributed by atoms with Crippen molar-refractivity contribution in [3.63, 3.8) is 0 Å². The van der Waals surface area contributed by atoms with Gasteiger partial charge in [0.2, 0.25) is 0 Å². The molecule has 0 saturated heterocycles. The van der Waals surface area contributed by atoms with Gasteiger partial charge in [-0.15, -0.1) is 0 Å². The van der Waals surface area contributed by atoms with Gasteiger partial charge in [0.15, 0.2) is 0 Å². The van der Waals surface area contributed by atoms with Crippen molar-refractivity contribution >= 4 is 10.9 Å². The topological polar surface area (TPSA) is 82.1 Å². The molecule has 4 heterocycles. The first-order valence-electron chi connectivity index (χ1n) is 9.84. The molecular weight excluding hydrogens is 380 g/mol. The molecule has 0 aliphatic rings. The van der Waals surface area contributed by atoms with Crippen LogP contribution in [-0.2, 0) is 6.54 Å². The average molecular weight is 406 g/mol. The Bertz CT molecular complexity index is 1170. The van der Waals surface area contributed by atoms with Crippen LogP contribution in [0.15, 0.2) is 29.0 Å². The zero-order chi connectivity index (χ0) is 21.4. The fraction of sp³-hybridized carbons (Fsp3) is 0.364. The largest absolute Gasteiger partial charge is 0.467 e. The molecule has 4 aromatic heterocycles. The third-order valence-corrected chi connectivity index (χ3v) is 5.25. The summed E-state index contributed by atoms with van der Waals surface area (Å²) < 4.78 is 12.8. The number of rotatable bonds is 6. The van der Waals surface area contributed by atoms with Crippen molar-refractivity contribution in [1.29, 1.82) is 0 Å². The van der Waals surface area contributed by atoms with E-state index >= 15 is 0 Å². The maximum Gasteiger partial charge on any atom is 0.316 e. The first-order valence-corrected chi connectivity index (χ1v) is 9.84. The summed E-state index contributed by atoms with van der Waals surface area (Å²) in [6, 6.07) is 4.63. The minimum Gasteiger partial charge on any atom is -0.467 e. The van der Waals surface area contributed by atoms with Gasteiger partial charge < -0.3 is 18.7 Å². The lowest BCUT2D eigenvalue weighted by Crippen LogP contribution is -2.18. The van der Waals surface area contributed by atoms with Gasteiger partial charge in [-0.1, -0.05) is 5.16 Å². The van der Waals surface area contributed by atoms with Gasteiger partial charge in [0.05, 0.1) is 35.3 Å². The predicted molar refractivity (Wildman–Crippen MR) is 116 cm³/mol. The highest BCUT2D eigenvalue weighted by Crippen LogP contribution is 2.35. The van der Waals surface area contributed by atoms with E-state index in [1.807, 2.05) is 13.8 Å². The Morgan fingerprint density at radius 3 is 2.43 bits per heavy atom. The molecule has 0 spiro atoms. The number of methoxy groups -OCH3 is 1. The third-order valence-electron chi connectivity index (χ3n) is 5.25. The van der Waals surface area contributed by atoms with Gasteiger partial charge in [-0.25, -0.2) is 15.0 Å². The summed E-state index contributed by atoms with van der Waals surface area (Å²) in [6.07, 6.45) is 3.49. The Morgan fingerprint density at radius 1 is 1.10 bits per heavy atom. The molecule has 0 saturated carbocycles. The van der Waals surface area contributed by atoms with Crippen molar-refractivity contribution in [2.24, 2.45) is 0 Å². The highest BCUT2D eigenvalue weighted by atomic mass is 16.5. The number of pyridine rings is 1. The molecular formula is C22H26N6O2. The second kappa shape index (κ2) is 7.87. The van der Waals surface area contributed by atoms with Crippen LogP contribution in [0.3, 0.4) is 0 Å². The number of aromatic nitrogens is 5. The molecule has 0 aromatic carbocycles. The second-order valence-corrected chi connectivity index (χ2v) is 7.69. The van der Waals surface area contributed by atoms with Crippen LogP contribution < -0.4 is 4.74 Å². The van der Waals surface area contributed by atoms with Gasteiger partial charge in [0.25, 0.3) is 0 Å². The van der Waals surface area contributed by atoms with Gasteiger partial charge in [-0.2, -0.15) is 0 Å². The van der Waals surface area contributed by atoms with Crippen molar-refractivity contribution < 1.29 is 9.26 Å². The van der Waals surface area contributed by atoms with Crippen LogP contribution in [0.5, 0.6) is 6.01 Å². The molecule has 0 atom stereocenters. The van der Waals surface area contributed by atoms with Crippen LogP contribution in [-0.4, -0.2) is 57.3 Å². The van der Waals surface area contributed by atoms with E-state index in [0.29, 0.717) is 6.01 Å². The molecule has 0 fully saturated rings. The van der Waals surface area contributed by atoms with Crippen LogP contribution in [0.2, 0.25) is 0 Å². The normalized spacial score (nSPS) is 11.6. The third kappa shape index (κ3) is 3.54. The highest BCUT2D eigenvalue weighted by Gasteiger charge is 2.19. The molecule has 0 unspecified atom stereocenters. The van der Waals surface area contributed by atoms with E-state index in [4.69, 9.17) is 14.2 Å².